The minimum absolute atomic E-state index is 0.479. The quantitative estimate of drug-likeness (QED) is 0.745. The summed E-state index contributed by atoms with van der Waals surface area (Å²) < 4.78 is 1.56. The molecule has 102 valence electrons. The fraction of sp³-hybridized carbons (Fsp3) is 0.214. The summed E-state index contributed by atoms with van der Waals surface area (Å²) in [7, 11) is 0. The zero-order valence-corrected chi connectivity index (χ0v) is 11.1. The first-order valence-corrected chi connectivity index (χ1v) is 6.65. The summed E-state index contributed by atoms with van der Waals surface area (Å²) in [5, 5.41) is 8.88. The second-order valence-corrected chi connectivity index (χ2v) is 4.97. The molecule has 1 aliphatic carbocycles. The highest BCUT2D eigenvalue weighted by molar-refractivity contribution is 5.89. The highest BCUT2D eigenvalue weighted by atomic mass is 15.5. The van der Waals surface area contributed by atoms with E-state index in [9.17, 15) is 0 Å². The first kappa shape index (κ1) is 11.8. The summed E-state index contributed by atoms with van der Waals surface area (Å²) in [6.07, 6.45) is 9.17. The first-order valence-electron chi connectivity index (χ1n) is 6.65. The lowest BCUT2D eigenvalue weighted by Crippen LogP contribution is -2.01. The van der Waals surface area contributed by atoms with Gasteiger partial charge in [-0.1, -0.05) is 12.6 Å². The van der Waals surface area contributed by atoms with Gasteiger partial charge in [0.05, 0.1) is 0 Å². The maximum atomic E-state index is 7.38. The van der Waals surface area contributed by atoms with Crippen LogP contribution >= 0.6 is 0 Å². The van der Waals surface area contributed by atoms with E-state index < -0.39 is 0 Å². The number of fused-ring (bicyclic) bond motifs is 1. The van der Waals surface area contributed by atoms with Gasteiger partial charge in [0.2, 0.25) is 0 Å². The second-order valence-electron chi connectivity index (χ2n) is 4.97. The smallest absolute Gasteiger partial charge is 0.253 e. The van der Waals surface area contributed by atoms with Gasteiger partial charge in [-0.3, -0.25) is 0 Å². The standard InChI is InChI=1S/C14H11N7/c1-15-12(6-9-2-3-9)21-11(7-19-20-21)13-10-4-5-16-14(10)18-8-17-13/h4-9H,2-3H2,(H,16,17,18)/b12-6+. The zero-order valence-electron chi connectivity index (χ0n) is 11.1. The molecule has 1 N–H and O–H groups in total. The monoisotopic (exact) mass is 277 g/mol. The van der Waals surface area contributed by atoms with Crippen LogP contribution in [0.1, 0.15) is 12.8 Å². The van der Waals surface area contributed by atoms with Crippen LogP contribution in [0.25, 0.3) is 33.1 Å². The van der Waals surface area contributed by atoms with E-state index in [0.717, 1.165) is 29.6 Å². The Bertz CT molecular complexity index is 876. The molecule has 1 fully saturated rings. The van der Waals surface area contributed by atoms with E-state index in [0.29, 0.717) is 17.4 Å². The Morgan fingerprint density at radius 2 is 2.33 bits per heavy atom. The fourth-order valence-electron chi connectivity index (χ4n) is 2.27. The maximum absolute atomic E-state index is 7.38. The van der Waals surface area contributed by atoms with Crippen LogP contribution in [0.2, 0.25) is 0 Å². The van der Waals surface area contributed by atoms with Gasteiger partial charge < -0.3 is 9.83 Å². The minimum atomic E-state index is 0.479. The van der Waals surface area contributed by atoms with Gasteiger partial charge >= 0.3 is 0 Å². The van der Waals surface area contributed by atoms with E-state index >= 15 is 0 Å². The maximum Gasteiger partial charge on any atom is 0.253 e. The number of hydrogen-bond acceptors (Lipinski definition) is 4. The first-order chi connectivity index (χ1) is 10.4. The third-order valence-corrected chi connectivity index (χ3v) is 3.48. The van der Waals surface area contributed by atoms with Crippen LogP contribution in [0.15, 0.2) is 30.9 Å². The van der Waals surface area contributed by atoms with E-state index in [2.05, 4.69) is 30.1 Å². The number of hydrogen-bond donors (Lipinski definition) is 1. The van der Waals surface area contributed by atoms with Crippen LogP contribution in [0.5, 0.6) is 0 Å². The molecule has 3 heterocycles. The lowest BCUT2D eigenvalue weighted by atomic mass is 10.2. The third-order valence-electron chi connectivity index (χ3n) is 3.48. The number of aromatic amines is 1. The van der Waals surface area contributed by atoms with Crippen molar-refractivity contribution >= 4 is 16.9 Å². The molecule has 4 rings (SSSR count). The molecule has 3 aromatic heterocycles. The topological polar surface area (TPSA) is 76.6 Å². The Hall–Kier alpha value is -3.01. The molecule has 7 heteroatoms. The Balaban J connectivity index is 1.89. The second kappa shape index (κ2) is 4.52. The summed E-state index contributed by atoms with van der Waals surface area (Å²) in [5.41, 5.74) is 2.17. The Morgan fingerprint density at radius 1 is 1.43 bits per heavy atom. The molecular weight excluding hydrogens is 266 g/mol. The summed E-state index contributed by atoms with van der Waals surface area (Å²) in [6, 6.07) is 1.91. The van der Waals surface area contributed by atoms with Crippen LogP contribution in [-0.2, 0) is 0 Å². The molecule has 0 unspecified atom stereocenters. The van der Waals surface area contributed by atoms with Gasteiger partial charge in [0.15, 0.2) is 5.69 Å². The van der Waals surface area contributed by atoms with Crippen molar-refractivity contribution in [1.82, 2.24) is 29.9 Å². The largest absolute Gasteiger partial charge is 0.362 e. The van der Waals surface area contributed by atoms with Crippen molar-refractivity contribution in [3.05, 3.63) is 42.3 Å². The zero-order chi connectivity index (χ0) is 14.2. The number of H-pyrrole nitrogens is 1. The number of nitrogens with one attached hydrogen (secondary N) is 1. The number of rotatable bonds is 3. The molecule has 0 radical (unpaired) electrons. The van der Waals surface area contributed by atoms with Crippen molar-refractivity contribution in [2.75, 3.05) is 0 Å². The van der Waals surface area contributed by atoms with Crippen LogP contribution in [0.4, 0.5) is 0 Å². The molecule has 21 heavy (non-hydrogen) atoms. The number of nitrogens with zero attached hydrogens (tertiary/aromatic N) is 6. The van der Waals surface area contributed by atoms with Crippen molar-refractivity contribution in [1.29, 1.82) is 0 Å². The average Bonchev–Trinajstić information content (AvgIpc) is 3.02. The van der Waals surface area contributed by atoms with Crippen LogP contribution in [-0.4, -0.2) is 29.9 Å². The van der Waals surface area contributed by atoms with E-state index in [1.54, 1.807) is 10.9 Å². The molecule has 3 aromatic rings. The van der Waals surface area contributed by atoms with E-state index in [4.69, 9.17) is 6.57 Å². The van der Waals surface area contributed by atoms with E-state index in [1.165, 1.54) is 6.33 Å². The van der Waals surface area contributed by atoms with Crippen molar-refractivity contribution in [3.63, 3.8) is 0 Å². The molecule has 0 atom stereocenters. The van der Waals surface area contributed by atoms with Crippen molar-refractivity contribution in [3.8, 4) is 11.4 Å². The van der Waals surface area contributed by atoms with Gasteiger partial charge in [-0.05, 0) is 24.8 Å². The molecule has 1 saturated carbocycles. The molecule has 0 saturated heterocycles. The van der Waals surface area contributed by atoms with E-state index in [-0.39, 0.29) is 0 Å². The highest BCUT2D eigenvalue weighted by Crippen LogP contribution is 2.33. The minimum Gasteiger partial charge on any atom is -0.362 e. The predicted octanol–water partition coefficient (Wildman–Crippen LogP) is 2.34. The van der Waals surface area contributed by atoms with Gasteiger partial charge in [0, 0.05) is 16.8 Å². The molecule has 0 spiro atoms. The normalized spacial score (nSPS) is 15.3. The van der Waals surface area contributed by atoms with Gasteiger partial charge in [0.25, 0.3) is 5.82 Å². The third kappa shape index (κ3) is 1.97. The van der Waals surface area contributed by atoms with Crippen LogP contribution in [0, 0.1) is 12.5 Å². The van der Waals surface area contributed by atoms with Crippen LogP contribution in [0.3, 0.4) is 0 Å². The molecule has 7 nitrogen and oxygen atoms in total. The number of aromatic nitrogens is 6. The van der Waals surface area contributed by atoms with E-state index in [1.807, 2.05) is 18.3 Å². The van der Waals surface area contributed by atoms with Crippen LogP contribution < -0.4 is 0 Å². The summed E-state index contributed by atoms with van der Waals surface area (Å²) in [4.78, 5) is 15.1. The predicted molar refractivity (Wildman–Crippen MR) is 76.5 cm³/mol. The lowest BCUT2D eigenvalue weighted by Gasteiger charge is -2.02. The SMILES string of the molecule is [C-]#[N+]/C(=C\C1CC1)n1nncc1-c1ncnc2[nH]ccc12. The van der Waals surface area contributed by atoms with Gasteiger partial charge in [-0.25, -0.2) is 9.97 Å². The fourth-order valence-corrected chi connectivity index (χ4v) is 2.27. The van der Waals surface area contributed by atoms with Crippen molar-refractivity contribution in [2.45, 2.75) is 12.8 Å². The lowest BCUT2D eigenvalue weighted by molar-refractivity contribution is 0.821. The average molecular weight is 277 g/mol. The Labute approximate surface area is 120 Å². The van der Waals surface area contributed by atoms with Crippen molar-refractivity contribution in [2.24, 2.45) is 5.92 Å². The number of allylic oxidation sites excluding steroid dienone is 1. The summed E-state index contributed by atoms with van der Waals surface area (Å²) in [5.74, 6) is 0.969. The van der Waals surface area contributed by atoms with Gasteiger partial charge in [-0.15, -0.1) is 9.78 Å². The Kier molecular flexibility index (Phi) is 2.54. The Morgan fingerprint density at radius 3 is 3.14 bits per heavy atom. The molecule has 0 amide bonds. The summed E-state index contributed by atoms with van der Waals surface area (Å²) in [6.45, 7) is 7.38. The molecule has 0 bridgehead atoms. The highest BCUT2D eigenvalue weighted by Gasteiger charge is 2.23. The molecule has 0 aliphatic heterocycles. The molecule has 0 aromatic carbocycles. The van der Waals surface area contributed by atoms with Gasteiger partial charge in [0.1, 0.15) is 23.9 Å². The summed E-state index contributed by atoms with van der Waals surface area (Å²) >= 11 is 0. The van der Waals surface area contributed by atoms with Crippen molar-refractivity contribution < 1.29 is 0 Å². The molecule has 1 aliphatic rings. The molecular formula is C14H11N7. The van der Waals surface area contributed by atoms with Gasteiger partial charge in [-0.2, -0.15) is 0 Å².